The molecule has 0 N–H and O–H groups in total. The predicted molar refractivity (Wildman–Crippen MR) is 101 cm³/mol. The molecule has 1 atom stereocenters. The summed E-state index contributed by atoms with van der Waals surface area (Å²) in [6, 6.07) is 6.48. The van der Waals surface area contributed by atoms with Gasteiger partial charge in [0.05, 0.1) is 5.52 Å². The van der Waals surface area contributed by atoms with Gasteiger partial charge in [0.1, 0.15) is 5.82 Å². The van der Waals surface area contributed by atoms with Crippen molar-refractivity contribution < 1.29 is 4.79 Å². The van der Waals surface area contributed by atoms with Crippen LogP contribution in [0.4, 0.5) is 0 Å². The van der Waals surface area contributed by atoms with Crippen LogP contribution in [0.25, 0.3) is 10.9 Å². The summed E-state index contributed by atoms with van der Waals surface area (Å²) in [7, 11) is 0. The summed E-state index contributed by atoms with van der Waals surface area (Å²) in [6.07, 6.45) is 8.05. The Labute approximate surface area is 169 Å². The van der Waals surface area contributed by atoms with Gasteiger partial charge in [0.15, 0.2) is 5.78 Å². The average Bonchev–Trinajstić information content (AvgIpc) is 3.15. The van der Waals surface area contributed by atoms with E-state index < -0.39 is 0 Å². The summed E-state index contributed by atoms with van der Waals surface area (Å²) < 4.78 is 4.54. The van der Waals surface area contributed by atoms with Crippen molar-refractivity contribution in [1.29, 1.82) is 0 Å². The third-order valence-electron chi connectivity index (χ3n) is 5.79. The van der Waals surface area contributed by atoms with Crippen molar-refractivity contribution in [2.75, 3.05) is 0 Å². The van der Waals surface area contributed by atoms with E-state index >= 15 is 0 Å². The van der Waals surface area contributed by atoms with Crippen LogP contribution < -0.4 is 0 Å². The van der Waals surface area contributed by atoms with E-state index in [9.17, 15) is 4.79 Å². The Morgan fingerprint density at radius 3 is 2.96 bits per heavy atom. The molecule has 0 radical (unpaired) electrons. The number of aromatic nitrogens is 3. The van der Waals surface area contributed by atoms with E-state index in [0.29, 0.717) is 5.78 Å². The molecule has 0 saturated heterocycles. The number of Topliss-reactive ketones (excluding diaryl/α,β-unsaturated/α-hetero) is 1. The summed E-state index contributed by atoms with van der Waals surface area (Å²) in [5, 5.41) is 1.18. The van der Waals surface area contributed by atoms with E-state index in [0.717, 1.165) is 43.7 Å². The Balaban J connectivity index is 0.00000157. The van der Waals surface area contributed by atoms with E-state index in [2.05, 4.69) is 32.3 Å². The Kier molecular flexibility index (Phi) is 4.38. The van der Waals surface area contributed by atoms with Crippen LogP contribution in [0.1, 0.15) is 40.3 Å². The van der Waals surface area contributed by atoms with Crippen molar-refractivity contribution in [2.45, 2.75) is 45.7 Å². The van der Waals surface area contributed by atoms with Crippen LogP contribution in [0.2, 0.25) is 0 Å². The Morgan fingerprint density at radius 2 is 2.16 bits per heavy atom. The molecule has 0 amide bonds. The van der Waals surface area contributed by atoms with Gasteiger partial charge < -0.3 is 9.13 Å². The number of carbonyl (C=O) groups is 1. The van der Waals surface area contributed by atoms with E-state index in [4.69, 9.17) is 0 Å². The second kappa shape index (κ2) is 6.42. The summed E-state index contributed by atoms with van der Waals surface area (Å²) in [6.45, 7) is 3.80. The van der Waals surface area contributed by atoms with Crippen molar-refractivity contribution in [3.05, 3.63) is 53.2 Å². The summed E-state index contributed by atoms with van der Waals surface area (Å²) in [5.74, 6) is 1.37. The van der Waals surface area contributed by atoms with Gasteiger partial charge in [0.2, 0.25) is 0 Å². The fourth-order valence-electron chi connectivity index (χ4n) is 4.60. The number of carbonyl (C=O) groups excluding carboxylic acids is 1. The number of aryl methyl sites for hydroxylation is 3. The van der Waals surface area contributed by atoms with E-state index in [-0.39, 0.29) is 35.5 Å². The minimum atomic E-state index is 0. The molecule has 1 aliphatic heterocycles. The molecule has 0 bridgehead atoms. The molecule has 1 aromatic carbocycles. The van der Waals surface area contributed by atoms with Gasteiger partial charge in [-0.1, -0.05) is 18.2 Å². The molecule has 5 heteroatoms. The maximum absolute atomic E-state index is 13.3. The molecule has 2 aliphatic rings. The normalized spacial score (nSPS) is 18.9. The Morgan fingerprint density at radius 1 is 1.28 bits per heavy atom. The number of imidazole rings is 1. The zero-order chi connectivity index (χ0) is 16.3. The first kappa shape index (κ1) is 17.1. The summed E-state index contributed by atoms with van der Waals surface area (Å²) in [5.41, 5.74) is 5.01. The molecular formula is C20H22N3NaO. The first-order chi connectivity index (χ1) is 11.7. The molecule has 2 aromatic heterocycles. The molecule has 0 fully saturated rings. The van der Waals surface area contributed by atoms with Crippen molar-refractivity contribution in [3.8, 4) is 0 Å². The molecule has 0 spiro atoms. The minimum absolute atomic E-state index is 0. The zero-order valence-corrected chi connectivity index (χ0v) is 14.0. The van der Waals surface area contributed by atoms with Crippen molar-refractivity contribution in [2.24, 2.45) is 5.92 Å². The van der Waals surface area contributed by atoms with Crippen LogP contribution in [0, 0.1) is 12.8 Å². The van der Waals surface area contributed by atoms with Crippen LogP contribution in [-0.2, 0) is 25.9 Å². The SMILES string of the molecule is Cc1nccn1C[C@H]1CCc2c(c3cccc4c3n2CCC4)C1=O.[NaH]. The molecule has 25 heavy (non-hydrogen) atoms. The molecule has 3 aromatic rings. The number of ketones is 1. The van der Waals surface area contributed by atoms with E-state index in [1.807, 2.05) is 19.3 Å². The van der Waals surface area contributed by atoms with E-state index in [1.54, 1.807) is 0 Å². The van der Waals surface area contributed by atoms with Gasteiger partial charge in [0, 0.05) is 48.0 Å². The molecule has 5 rings (SSSR count). The van der Waals surface area contributed by atoms with E-state index in [1.165, 1.54) is 28.6 Å². The number of rotatable bonds is 2. The quantitative estimate of drug-likeness (QED) is 0.671. The maximum atomic E-state index is 13.3. The second-order valence-corrected chi connectivity index (χ2v) is 7.12. The van der Waals surface area contributed by atoms with Crippen molar-refractivity contribution in [3.63, 3.8) is 0 Å². The first-order valence-corrected chi connectivity index (χ1v) is 8.89. The molecule has 0 saturated carbocycles. The number of para-hydroxylation sites is 1. The molecule has 3 heterocycles. The number of hydrogen-bond acceptors (Lipinski definition) is 2. The second-order valence-electron chi connectivity index (χ2n) is 7.12. The predicted octanol–water partition coefficient (Wildman–Crippen LogP) is 2.89. The monoisotopic (exact) mass is 343 g/mol. The van der Waals surface area contributed by atoms with Gasteiger partial charge in [-0.25, -0.2) is 4.98 Å². The zero-order valence-electron chi connectivity index (χ0n) is 14.0. The van der Waals surface area contributed by atoms with Gasteiger partial charge in [-0.05, 0) is 38.2 Å². The Bertz CT molecular complexity index is 969. The van der Waals surface area contributed by atoms with Crippen molar-refractivity contribution in [1.82, 2.24) is 14.1 Å². The standard InChI is InChI=1S/C20H21N3O.Na.H/c1-13-21-9-11-22(13)12-15-7-8-17-18(20(15)24)16-6-2-4-14-5-3-10-23(17)19(14)16;;/h2,4,6,9,11,15H,3,5,7-8,10,12H2,1H3;;/t15-;;/m1../s1. The van der Waals surface area contributed by atoms with Gasteiger partial charge in [-0.3, -0.25) is 4.79 Å². The molecule has 4 nitrogen and oxygen atoms in total. The number of hydrogen-bond donors (Lipinski definition) is 0. The molecule has 124 valence electrons. The third-order valence-corrected chi connectivity index (χ3v) is 5.79. The number of fused-ring (bicyclic) bond motifs is 3. The average molecular weight is 343 g/mol. The number of benzene rings is 1. The van der Waals surface area contributed by atoms with Gasteiger partial charge in [0.25, 0.3) is 0 Å². The van der Waals surface area contributed by atoms with Crippen LogP contribution in [0.3, 0.4) is 0 Å². The fraction of sp³-hybridized carbons (Fsp3) is 0.400. The van der Waals surface area contributed by atoms with Crippen LogP contribution in [0.5, 0.6) is 0 Å². The van der Waals surface area contributed by atoms with Crippen LogP contribution >= 0.6 is 0 Å². The van der Waals surface area contributed by atoms with Gasteiger partial charge in [-0.2, -0.15) is 0 Å². The fourth-order valence-corrected chi connectivity index (χ4v) is 4.60. The van der Waals surface area contributed by atoms with Crippen LogP contribution in [-0.4, -0.2) is 49.5 Å². The van der Waals surface area contributed by atoms with Crippen LogP contribution in [0.15, 0.2) is 30.6 Å². The summed E-state index contributed by atoms with van der Waals surface area (Å²) in [4.78, 5) is 17.6. The van der Waals surface area contributed by atoms with Crippen molar-refractivity contribution >= 4 is 46.2 Å². The van der Waals surface area contributed by atoms with Gasteiger partial charge in [-0.15, -0.1) is 0 Å². The van der Waals surface area contributed by atoms with Gasteiger partial charge >= 0.3 is 29.6 Å². The topological polar surface area (TPSA) is 39.8 Å². The molecule has 1 aliphatic carbocycles. The molecule has 0 unspecified atom stereocenters. The Hall–Kier alpha value is -1.36. The molecular weight excluding hydrogens is 321 g/mol. The number of nitrogens with zero attached hydrogens (tertiary/aromatic N) is 3. The summed E-state index contributed by atoms with van der Waals surface area (Å²) >= 11 is 0. The first-order valence-electron chi connectivity index (χ1n) is 8.89. The third kappa shape index (κ3) is 2.54.